The molecule has 1 nitrogen and oxygen atoms in total. The van der Waals surface area contributed by atoms with Crippen LogP contribution in [0.2, 0.25) is 0 Å². The maximum atomic E-state index is 10.6. The fourth-order valence-corrected chi connectivity index (χ4v) is 10.9. The van der Waals surface area contributed by atoms with Crippen LogP contribution in [0.3, 0.4) is 0 Å². The van der Waals surface area contributed by atoms with E-state index in [2.05, 4.69) is 48.1 Å². The molecule has 176 valence electrons. The average molecular weight is 427 g/mol. The number of hydrogen-bond acceptors (Lipinski definition) is 1. The molecule has 5 rings (SSSR count). The van der Waals surface area contributed by atoms with Crippen molar-refractivity contribution in [2.45, 2.75) is 118 Å². The Morgan fingerprint density at radius 2 is 1.68 bits per heavy atom. The van der Waals surface area contributed by atoms with Gasteiger partial charge in [-0.05, 0) is 128 Å². The number of aliphatic hydroxyl groups excluding tert-OH is 1. The van der Waals surface area contributed by atoms with Crippen LogP contribution in [-0.4, -0.2) is 11.2 Å². The molecule has 1 N–H and O–H groups in total. The van der Waals surface area contributed by atoms with Gasteiger partial charge < -0.3 is 5.11 Å². The van der Waals surface area contributed by atoms with E-state index in [-0.39, 0.29) is 6.10 Å². The summed E-state index contributed by atoms with van der Waals surface area (Å²) in [5, 5.41) is 10.6. The van der Waals surface area contributed by atoms with Crippen molar-refractivity contribution in [1.82, 2.24) is 0 Å². The Kier molecular flexibility index (Phi) is 5.15. The van der Waals surface area contributed by atoms with E-state index in [9.17, 15) is 5.11 Å². The molecule has 0 aromatic heterocycles. The van der Waals surface area contributed by atoms with Crippen LogP contribution in [0.15, 0.2) is 12.2 Å². The first-order valence-corrected chi connectivity index (χ1v) is 13.9. The van der Waals surface area contributed by atoms with Crippen LogP contribution in [0.25, 0.3) is 0 Å². The minimum absolute atomic E-state index is 0.0356. The highest BCUT2D eigenvalue weighted by Crippen LogP contribution is 2.88. The molecular formula is C30H50O. The molecule has 31 heavy (non-hydrogen) atoms. The topological polar surface area (TPSA) is 20.2 Å². The maximum absolute atomic E-state index is 10.6. The van der Waals surface area contributed by atoms with E-state index in [1.807, 2.05) is 0 Å². The van der Waals surface area contributed by atoms with E-state index >= 15 is 0 Å². The highest BCUT2D eigenvalue weighted by molar-refractivity contribution is 5.29. The molecular weight excluding hydrogens is 376 g/mol. The smallest absolute Gasteiger partial charge is 0.0568 e. The lowest BCUT2D eigenvalue weighted by molar-refractivity contribution is -0.142. The van der Waals surface area contributed by atoms with Gasteiger partial charge in [0.25, 0.3) is 0 Å². The first-order valence-electron chi connectivity index (χ1n) is 13.9. The van der Waals surface area contributed by atoms with Gasteiger partial charge in [-0.2, -0.15) is 0 Å². The van der Waals surface area contributed by atoms with Crippen LogP contribution >= 0.6 is 0 Å². The van der Waals surface area contributed by atoms with Gasteiger partial charge in [0.2, 0.25) is 0 Å². The van der Waals surface area contributed by atoms with Crippen LogP contribution in [0, 0.1) is 57.2 Å². The molecule has 0 saturated heterocycles. The van der Waals surface area contributed by atoms with Crippen molar-refractivity contribution in [3.63, 3.8) is 0 Å². The second kappa shape index (κ2) is 7.10. The zero-order chi connectivity index (χ0) is 22.4. The third-order valence-electron chi connectivity index (χ3n) is 13.1. The summed E-state index contributed by atoms with van der Waals surface area (Å²) in [6, 6.07) is 0. The van der Waals surface area contributed by atoms with Crippen molar-refractivity contribution >= 4 is 0 Å². The molecule has 0 heterocycles. The minimum Gasteiger partial charge on any atom is -0.393 e. The van der Waals surface area contributed by atoms with Gasteiger partial charge in [-0.15, -0.1) is 0 Å². The number of allylic oxidation sites excluding steroid dienone is 1. The second-order valence-corrected chi connectivity index (χ2v) is 14.0. The van der Waals surface area contributed by atoms with E-state index in [0.29, 0.717) is 33.5 Å². The quantitative estimate of drug-likeness (QED) is 0.441. The number of fused-ring (bicyclic) bond motifs is 2. The van der Waals surface area contributed by atoms with Gasteiger partial charge in [0.1, 0.15) is 0 Å². The van der Waals surface area contributed by atoms with Crippen molar-refractivity contribution in [2.75, 3.05) is 0 Å². The first-order chi connectivity index (χ1) is 14.5. The van der Waals surface area contributed by atoms with Crippen molar-refractivity contribution in [3.8, 4) is 0 Å². The predicted molar refractivity (Wildman–Crippen MR) is 131 cm³/mol. The molecule has 1 unspecified atom stereocenters. The van der Waals surface area contributed by atoms with Gasteiger partial charge in [-0.25, -0.2) is 0 Å². The molecule has 0 aromatic carbocycles. The van der Waals surface area contributed by atoms with Gasteiger partial charge in [-0.3, -0.25) is 0 Å². The monoisotopic (exact) mass is 426 g/mol. The summed E-state index contributed by atoms with van der Waals surface area (Å²) < 4.78 is 0. The maximum Gasteiger partial charge on any atom is 0.0568 e. The van der Waals surface area contributed by atoms with Gasteiger partial charge in [0.15, 0.2) is 0 Å². The van der Waals surface area contributed by atoms with Crippen LogP contribution in [0.5, 0.6) is 0 Å². The van der Waals surface area contributed by atoms with E-state index < -0.39 is 0 Å². The predicted octanol–water partition coefficient (Wildman–Crippen LogP) is 8.02. The highest BCUT2D eigenvalue weighted by atomic mass is 16.3. The van der Waals surface area contributed by atoms with Gasteiger partial charge in [0.05, 0.1) is 6.10 Å². The van der Waals surface area contributed by atoms with Gasteiger partial charge in [-0.1, -0.05) is 53.7 Å². The largest absolute Gasteiger partial charge is 0.393 e. The Labute approximate surface area is 192 Å². The van der Waals surface area contributed by atoms with E-state index in [1.54, 1.807) is 0 Å². The molecule has 5 fully saturated rings. The fourth-order valence-electron chi connectivity index (χ4n) is 10.9. The first kappa shape index (κ1) is 22.5. The minimum atomic E-state index is -0.0356. The molecule has 0 aliphatic heterocycles. The average Bonchev–Trinajstić information content (AvgIpc) is 3.31. The molecule has 2 spiro atoms. The van der Waals surface area contributed by atoms with E-state index in [1.165, 1.54) is 69.8 Å². The summed E-state index contributed by atoms with van der Waals surface area (Å²) in [6.07, 6.45) is 15.1. The molecule has 0 radical (unpaired) electrons. The lowest BCUT2D eigenvalue weighted by Crippen LogP contribution is -2.55. The second-order valence-electron chi connectivity index (χ2n) is 14.0. The Bertz CT molecular complexity index is 739. The van der Waals surface area contributed by atoms with Crippen molar-refractivity contribution in [3.05, 3.63) is 12.2 Å². The van der Waals surface area contributed by atoms with Crippen molar-refractivity contribution in [1.29, 1.82) is 0 Å². The fraction of sp³-hybridized carbons (Fsp3) is 0.933. The Balaban J connectivity index is 1.37. The van der Waals surface area contributed by atoms with Crippen LogP contribution in [-0.2, 0) is 0 Å². The molecule has 10 atom stereocenters. The molecule has 5 saturated carbocycles. The van der Waals surface area contributed by atoms with Crippen LogP contribution < -0.4 is 0 Å². The zero-order valence-corrected chi connectivity index (χ0v) is 21.5. The lowest BCUT2D eigenvalue weighted by atomic mass is 9.43. The zero-order valence-electron chi connectivity index (χ0n) is 21.5. The summed E-state index contributed by atoms with van der Waals surface area (Å²) in [5.74, 6) is 4.63. The number of aliphatic hydroxyl groups is 1. The lowest BCUT2D eigenvalue weighted by Gasteiger charge is -2.62. The van der Waals surface area contributed by atoms with Crippen LogP contribution in [0.1, 0.15) is 112 Å². The van der Waals surface area contributed by atoms with Crippen molar-refractivity contribution in [2.24, 2.45) is 57.2 Å². The SMILES string of the molecule is C=C(CC[C@@H](C)[C@H]1CC[C@@]2(C)[C@@H]3CC[C@H]4C(C)[C@@H](O)CC[C@@]45C[C@@]35CC[C@]12C)C(C)C. The van der Waals surface area contributed by atoms with Crippen molar-refractivity contribution < 1.29 is 5.11 Å². The van der Waals surface area contributed by atoms with Gasteiger partial charge >= 0.3 is 0 Å². The molecule has 5 aliphatic rings. The summed E-state index contributed by atoms with van der Waals surface area (Å²) in [5.41, 5.74) is 3.76. The molecule has 5 aliphatic carbocycles. The normalized spacial score (nSPS) is 53.9. The summed E-state index contributed by atoms with van der Waals surface area (Å²) in [6.45, 7) is 19.4. The highest BCUT2D eigenvalue weighted by Gasteiger charge is 2.81. The van der Waals surface area contributed by atoms with Gasteiger partial charge in [0, 0.05) is 0 Å². The molecule has 0 amide bonds. The van der Waals surface area contributed by atoms with Crippen LogP contribution in [0.4, 0.5) is 0 Å². The molecule has 0 aromatic rings. The third kappa shape index (κ3) is 2.77. The Hall–Kier alpha value is -0.300. The Morgan fingerprint density at radius 1 is 0.935 bits per heavy atom. The number of rotatable bonds is 5. The summed E-state index contributed by atoms with van der Waals surface area (Å²) in [7, 11) is 0. The Morgan fingerprint density at radius 3 is 2.39 bits per heavy atom. The van der Waals surface area contributed by atoms with E-state index in [0.717, 1.165) is 30.1 Å². The molecule has 0 bridgehead atoms. The third-order valence-corrected chi connectivity index (χ3v) is 13.1. The van der Waals surface area contributed by atoms with E-state index in [4.69, 9.17) is 0 Å². The standard InChI is InChI=1S/C30H50O/c1-19(2)20(3)8-9-21(4)23-12-14-28(7)26-11-10-24-22(5)25(31)13-15-29(24)18-30(26,29)17-16-27(23,28)6/h19,21-26,31H,3,8-18H2,1-2,4-7H3/t21-,22?,23-,24+,25+,26+,27-,28+,29-,30+/m1/s1. The summed E-state index contributed by atoms with van der Waals surface area (Å²) in [4.78, 5) is 0. The summed E-state index contributed by atoms with van der Waals surface area (Å²) >= 11 is 0. The molecule has 1 heteroatoms. The number of hydrogen-bond donors (Lipinski definition) is 1.